The largest absolute Gasteiger partial charge is 0.323 e. The van der Waals surface area contributed by atoms with E-state index >= 15 is 0 Å². The van der Waals surface area contributed by atoms with Gasteiger partial charge in [0, 0.05) is 11.3 Å². The van der Waals surface area contributed by atoms with Gasteiger partial charge in [-0.05, 0) is 44.3 Å². The van der Waals surface area contributed by atoms with Crippen molar-refractivity contribution in [3.63, 3.8) is 0 Å². The monoisotopic (exact) mass is 225 g/mol. The molecule has 1 fully saturated rings. The molecule has 0 aromatic heterocycles. The number of thioether (sulfide) groups is 1. The molecular formula is C13H23NS. The number of allylic oxidation sites excluding steroid dienone is 1. The molecule has 2 heteroatoms. The molecule has 2 unspecified atom stereocenters. The lowest BCUT2D eigenvalue weighted by Gasteiger charge is -2.23. The Morgan fingerprint density at radius 2 is 2.07 bits per heavy atom. The lowest BCUT2D eigenvalue weighted by molar-refractivity contribution is 0.582. The van der Waals surface area contributed by atoms with Gasteiger partial charge in [0.05, 0.1) is 0 Å². The minimum atomic E-state index is 0.357. The van der Waals surface area contributed by atoms with E-state index in [1.807, 2.05) is 0 Å². The van der Waals surface area contributed by atoms with E-state index in [4.69, 9.17) is 5.73 Å². The average Bonchev–Trinajstić information content (AvgIpc) is 2.68. The summed E-state index contributed by atoms with van der Waals surface area (Å²) in [5.74, 6) is 1.33. The van der Waals surface area contributed by atoms with Crippen LogP contribution in [0, 0.1) is 0 Å². The maximum Gasteiger partial charge on any atom is 0.0374 e. The summed E-state index contributed by atoms with van der Waals surface area (Å²) in [5, 5.41) is 0.718. The smallest absolute Gasteiger partial charge is 0.0374 e. The molecular weight excluding hydrogens is 202 g/mol. The molecule has 0 spiro atoms. The zero-order valence-electron chi connectivity index (χ0n) is 9.58. The minimum Gasteiger partial charge on any atom is -0.323 e. The Bertz CT molecular complexity index is 219. The van der Waals surface area contributed by atoms with Gasteiger partial charge in [0.15, 0.2) is 0 Å². The third-order valence-electron chi connectivity index (χ3n) is 3.62. The fourth-order valence-corrected chi connectivity index (χ4v) is 4.00. The first-order chi connectivity index (χ1) is 7.38. The van der Waals surface area contributed by atoms with E-state index in [1.54, 1.807) is 5.57 Å². The van der Waals surface area contributed by atoms with Crippen LogP contribution in [-0.2, 0) is 0 Å². The van der Waals surface area contributed by atoms with Crippen molar-refractivity contribution < 1.29 is 0 Å². The highest BCUT2D eigenvalue weighted by Crippen LogP contribution is 2.32. The number of hydrogen-bond acceptors (Lipinski definition) is 2. The Hall–Kier alpha value is 0.0500. The third-order valence-corrected chi connectivity index (χ3v) is 5.10. The summed E-state index contributed by atoms with van der Waals surface area (Å²) >= 11 is 2.09. The van der Waals surface area contributed by atoms with Crippen LogP contribution >= 0.6 is 11.8 Å². The van der Waals surface area contributed by atoms with Gasteiger partial charge < -0.3 is 5.73 Å². The van der Waals surface area contributed by atoms with E-state index < -0.39 is 0 Å². The molecule has 86 valence electrons. The van der Waals surface area contributed by atoms with Crippen LogP contribution in [0.25, 0.3) is 0 Å². The second kappa shape index (κ2) is 5.95. The van der Waals surface area contributed by atoms with E-state index in [-0.39, 0.29) is 0 Å². The first-order valence-corrected chi connectivity index (χ1v) is 7.49. The Morgan fingerprint density at radius 1 is 1.20 bits per heavy atom. The normalized spacial score (nSPS) is 30.5. The zero-order chi connectivity index (χ0) is 10.5. The molecule has 2 atom stereocenters. The van der Waals surface area contributed by atoms with Crippen molar-refractivity contribution in [1.82, 2.24) is 0 Å². The molecule has 1 aliphatic carbocycles. The maximum absolute atomic E-state index is 6.39. The van der Waals surface area contributed by atoms with Crippen molar-refractivity contribution in [2.24, 2.45) is 5.73 Å². The topological polar surface area (TPSA) is 26.0 Å². The fourth-order valence-electron chi connectivity index (χ4n) is 2.64. The summed E-state index contributed by atoms with van der Waals surface area (Å²) in [4.78, 5) is 0. The Labute approximate surface area is 97.9 Å². The van der Waals surface area contributed by atoms with Crippen molar-refractivity contribution in [3.05, 3.63) is 11.6 Å². The molecule has 1 saturated heterocycles. The molecule has 2 rings (SSSR count). The van der Waals surface area contributed by atoms with E-state index in [0.29, 0.717) is 6.04 Å². The minimum absolute atomic E-state index is 0.357. The second-order valence-corrected chi connectivity index (χ2v) is 6.16. The average molecular weight is 225 g/mol. The standard InChI is InChI=1S/C13H23NS/c14-13(12-9-6-10-15-12)11-7-4-2-1-3-5-8-11/h7,12-13H,1-6,8-10,14H2. The van der Waals surface area contributed by atoms with Crippen molar-refractivity contribution in [1.29, 1.82) is 0 Å². The Morgan fingerprint density at radius 3 is 2.87 bits per heavy atom. The van der Waals surface area contributed by atoms with Gasteiger partial charge in [-0.25, -0.2) is 0 Å². The Kier molecular flexibility index (Phi) is 4.58. The van der Waals surface area contributed by atoms with Crippen LogP contribution in [0.2, 0.25) is 0 Å². The van der Waals surface area contributed by atoms with Crippen LogP contribution in [0.4, 0.5) is 0 Å². The molecule has 0 aromatic carbocycles. The first kappa shape index (κ1) is 11.5. The van der Waals surface area contributed by atoms with Crippen molar-refractivity contribution in [2.75, 3.05) is 5.75 Å². The van der Waals surface area contributed by atoms with Crippen molar-refractivity contribution in [3.8, 4) is 0 Å². The molecule has 0 radical (unpaired) electrons. The van der Waals surface area contributed by atoms with Gasteiger partial charge in [0.1, 0.15) is 0 Å². The summed E-state index contributed by atoms with van der Waals surface area (Å²) in [6.45, 7) is 0. The van der Waals surface area contributed by atoms with Gasteiger partial charge in [-0.3, -0.25) is 0 Å². The summed E-state index contributed by atoms with van der Waals surface area (Å²) < 4.78 is 0. The molecule has 15 heavy (non-hydrogen) atoms. The number of nitrogens with two attached hydrogens (primary N) is 1. The van der Waals surface area contributed by atoms with Crippen LogP contribution in [0.5, 0.6) is 0 Å². The van der Waals surface area contributed by atoms with E-state index in [0.717, 1.165) is 5.25 Å². The van der Waals surface area contributed by atoms with Gasteiger partial charge in [-0.15, -0.1) is 0 Å². The quantitative estimate of drug-likeness (QED) is 0.728. The summed E-state index contributed by atoms with van der Waals surface area (Å²) in [6.07, 6.45) is 13.2. The van der Waals surface area contributed by atoms with Crippen LogP contribution < -0.4 is 5.73 Å². The van der Waals surface area contributed by atoms with E-state index in [1.165, 1.54) is 57.1 Å². The van der Waals surface area contributed by atoms with Gasteiger partial charge in [-0.2, -0.15) is 11.8 Å². The number of rotatable bonds is 2. The van der Waals surface area contributed by atoms with Crippen LogP contribution in [0.15, 0.2) is 11.6 Å². The molecule has 0 amide bonds. The Balaban J connectivity index is 1.93. The SMILES string of the molecule is NC(C1=CCCCCCC1)C1CCCS1. The molecule has 1 heterocycles. The van der Waals surface area contributed by atoms with E-state index in [2.05, 4.69) is 17.8 Å². The molecule has 1 aliphatic heterocycles. The predicted molar refractivity (Wildman–Crippen MR) is 69.2 cm³/mol. The maximum atomic E-state index is 6.39. The summed E-state index contributed by atoms with van der Waals surface area (Å²) in [7, 11) is 0. The van der Waals surface area contributed by atoms with Crippen molar-refractivity contribution in [2.45, 2.75) is 62.7 Å². The predicted octanol–water partition coefficient (Wildman–Crippen LogP) is 3.49. The summed E-state index contributed by atoms with van der Waals surface area (Å²) in [5.41, 5.74) is 7.95. The molecule has 2 aliphatic rings. The van der Waals surface area contributed by atoms with Crippen molar-refractivity contribution >= 4 is 11.8 Å². The highest BCUT2D eigenvalue weighted by molar-refractivity contribution is 8.00. The second-order valence-electron chi connectivity index (χ2n) is 4.81. The zero-order valence-corrected chi connectivity index (χ0v) is 10.4. The van der Waals surface area contributed by atoms with Crippen LogP contribution in [0.1, 0.15) is 51.4 Å². The summed E-state index contributed by atoms with van der Waals surface area (Å²) in [6, 6.07) is 0.357. The molecule has 0 aromatic rings. The molecule has 0 bridgehead atoms. The lowest BCUT2D eigenvalue weighted by atomic mass is 9.92. The van der Waals surface area contributed by atoms with Gasteiger partial charge in [0.2, 0.25) is 0 Å². The lowest BCUT2D eigenvalue weighted by Crippen LogP contribution is -2.33. The van der Waals surface area contributed by atoms with Gasteiger partial charge in [-0.1, -0.05) is 24.5 Å². The highest BCUT2D eigenvalue weighted by atomic mass is 32.2. The molecule has 1 nitrogen and oxygen atoms in total. The van der Waals surface area contributed by atoms with Gasteiger partial charge in [0.25, 0.3) is 0 Å². The number of hydrogen-bond donors (Lipinski definition) is 1. The first-order valence-electron chi connectivity index (χ1n) is 6.44. The van der Waals surface area contributed by atoms with E-state index in [9.17, 15) is 0 Å². The van der Waals surface area contributed by atoms with Crippen LogP contribution in [0.3, 0.4) is 0 Å². The third kappa shape index (κ3) is 3.25. The van der Waals surface area contributed by atoms with Crippen LogP contribution in [-0.4, -0.2) is 17.0 Å². The fraction of sp³-hybridized carbons (Fsp3) is 0.846. The molecule has 2 N–H and O–H groups in total. The highest BCUT2D eigenvalue weighted by Gasteiger charge is 2.25. The van der Waals surface area contributed by atoms with Gasteiger partial charge >= 0.3 is 0 Å². The molecule has 0 saturated carbocycles.